The lowest BCUT2D eigenvalue weighted by Gasteiger charge is -2.24. The minimum atomic E-state index is -3.57. The zero-order chi connectivity index (χ0) is 14.3. The summed E-state index contributed by atoms with van der Waals surface area (Å²) in [6, 6.07) is 0.113. The van der Waals surface area contributed by atoms with E-state index in [1.165, 1.54) is 4.68 Å². The summed E-state index contributed by atoms with van der Waals surface area (Å²) in [5, 5.41) is 7.67. The summed E-state index contributed by atoms with van der Waals surface area (Å²) in [6.07, 6.45) is 2.77. The van der Waals surface area contributed by atoms with Crippen LogP contribution < -0.4 is 0 Å². The Bertz CT molecular complexity index is 573. The maximum atomic E-state index is 12.9. The number of nitrogens with zero attached hydrogens (tertiary/aromatic N) is 4. The van der Waals surface area contributed by atoms with E-state index in [4.69, 9.17) is 4.74 Å². The first-order valence-corrected chi connectivity index (χ1v) is 8.88. The fourth-order valence-electron chi connectivity index (χ4n) is 2.50. The Labute approximate surface area is 126 Å². The van der Waals surface area contributed by atoms with Crippen LogP contribution in [-0.2, 0) is 21.8 Å². The summed E-state index contributed by atoms with van der Waals surface area (Å²) in [5.74, 6) is 0.283. The number of aromatic nitrogens is 3. The lowest BCUT2D eigenvalue weighted by atomic mass is 10.1. The number of aryl methyl sites for hydroxylation is 1. The van der Waals surface area contributed by atoms with Crippen LogP contribution in [0, 0.1) is 5.92 Å². The molecule has 2 heterocycles. The Morgan fingerprint density at radius 1 is 1.45 bits per heavy atom. The third kappa shape index (κ3) is 2.63. The smallest absolute Gasteiger partial charge is 0.263 e. The van der Waals surface area contributed by atoms with E-state index in [1.807, 2.05) is 0 Å². The molecule has 1 aromatic rings. The molecule has 1 atom stereocenters. The van der Waals surface area contributed by atoms with E-state index < -0.39 is 10.0 Å². The van der Waals surface area contributed by atoms with Crippen molar-refractivity contribution >= 4 is 26.0 Å². The fourth-order valence-corrected chi connectivity index (χ4v) is 5.29. The topological polar surface area (TPSA) is 77.3 Å². The normalized spacial score (nSPS) is 23.6. The zero-order valence-corrected chi connectivity index (χ0v) is 13.6. The molecule has 1 aromatic heterocycles. The second kappa shape index (κ2) is 5.36. The summed E-state index contributed by atoms with van der Waals surface area (Å²) < 4.78 is 34.2. The van der Waals surface area contributed by atoms with Gasteiger partial charge in [-0.15, -0.1) is 5.10 Å². The Hall–Kier alpha value is -0.510. The minimum Gasteiger partial charge on any atom is -0.381 e. The summed E-state index contributed by atoms with van der Waals surface area (Å²) in [7, 11) is -1.98. The molecule has 0 radical (unpaired) electrons. The van der Waals surface area contributed by atoms with Gasteiger partial charge in [-0.2, -0.15) is 4.31 Å². The van der Waals surface area contributed by atoms with Gasteiger partial charge in [0.1, 0.15) is 0 Å². The highest BCUT2D eigenvalue weighted by atomic mass is 79.9. The highest BCUT2D eigenvalue weighted by Gasteiger charge is 2.42. The summed E-state index contributed by atoms with van der Waals surface area (Å²) in [4.78, 5) is 0. The lowest BCUT2D eigenvalue weighted by Crippen LogP contribution is -2.38. The van der Waals surface area contributed by atoms with Crippen LogP contribution in [0.5, 0.6) is 0 Å². The van der Waals surface area contributed by atoms with E-state index in [0.717, 1.165) is 25.9 Å². The number of hydrogen-bond acceptors (Lipinski definition) is 5. The molecular weight excluding hydrogens is 348 g/mol. The van der Waals surface area contributed by atoms with Gasteiger partial charge < -0.3 is 4.74 Å². The van der Waals surface area contributed by atoms with Crippen LogP contribution in [0.4, 0.5) is 0 Å². The standard InChI is InChI=1S/C11H17BrN4O3S/c1-15-11(10(12)13-14-15)20(17,18)16(9-2-3-9)6-8-4-5-19-7-8/h8-9H,2-7H2,1H3. The second-order valence-corrected chi connectivity index (χ2v) is 7.90. The van der Waals surface area contributed by atoms with Crippen LogP contribution in [0.2, 0.25) is 0 Å². The van der Waals surface area contributed by atoms with Gasteiger partial charge in [0, 0.05) is 26.2 Å². The Balaban J connectivity index is 1.89. The van der Waals surface area contributed by atoms with Gasteiger partial charge in [-0.3, -0.25) is 0 Å². The van der Waals surface area contributed by atoms with E-state index in [9.17, 15) is 8.42 Å². The Morgan fingerprint density at radius 3 is 2.70 bits per heavy atom. The molecule has 1 aliphatic carbocycles. The number of halogens is 1. The molecule has 0 amide bonds. The van der Waals surface area contributed by atoms with Gasteiger partial charge in [0.25, 0.3) is 10.0 Å². The van der Waals surface area contributed by atoms with Crippen LogP contribution in [0.1, 0.15) is 19.3 Å². The van der Waals surface area contributed by atoms with Crippen molar-refractivity contribution in [3.8, 4) is 0 Å². The molecule has 1 saturated heterocycles. The van der Waals surface area contributed by atoms with E-state index in [0.29, 0.717) is 13.2 Å². The Morgan fingerprint density at radius 2 is 2.20 bits per heavy atom. The van der Waals surface area contributed by atoms with Crippen LogP contribution in [0.15, 0.2) is 9.63 Å². The maximum absolute atomic E-state index is 12.9. The van der Waals surface area contributed by atoms with Gasteiger partial charge in [-0.1, -0.05) is 5.21 Å². The molecule has 2 fully saturated rings. The maximum Gasteiger partial charge on any atom is 0.263 e. The van der Waals surface area contributed by atoms with Gasteiger partial charge >= 0.3 is 0 Å². The van der Waals surface area contributed by atoms with Gasteiger partial charge in [0.2, 0.25) is 5.03 Å². The molecule has 7 nitrogen and oxygen atoms in total. The summed E-state index contributed by atoms with van der Waals surface area (Å²) >= 11 is 3.18. The molecule has 112 valence electrons. The largest absolute Gasteiger partial charge is 0.381 e. The molecule has 0 spiro atoms. The van der Waals surface area contributed by atoms with Crippen molar-refractivity contribution in [1.29, 1.82) is 0 Å². The SMILES string of the molecule is Cn1nnc(Br)c1S(=O)(=O)N(CC1CCOC1)C1CC1. The first-order chi connectivity index (χ1) is 9.50. The van der Waals surface area contributed by atoms with Gasteiger partial charge in [-0.25, -0.2) is 13.1 Å². The second-order valence-electron chi connectivity index (χ2n) is 5.34. The molecule has 20 heavy (non-hydrogen) atoms. The van der Waals surface area contributed by atoms with E-state index in [1.54, 1.807) is 11.4 Å². The number of ether oxygens (including phenoxy) is 1. The summed E-state index contributed by atoms with van der Waals surface area (Å²) in [6.45, 7) is 1.88. The number of sulfonamides is 1. The Kier molecular flexibility index (Phi) is 3.87. The molecule has 1 unspecified atom stereocenters. The van der Waals surface area contributed by atoms with Crippen molar-refractivity contribution in [3.05, 3.63) is 4.60 Å². The number of hydrogen-bond donors (Lipinski definition) is 0. The minimum absolute atomic E-state index is 0.113. The lowest BCUT2D eigenvalue weighted by molar-refractivity contribution is 0.180. The highest BCUT2D eigenvalue weighted by Crippen LogP contribution is 2.35. The highest BCUT2D eigenvalue weighted by molar-refractivity contribution is 9.10. The third-order valence-electron chi connectivity index (χ3n) is 3.71. The average Bonchev–Trinajstić information content (AvgIpc) is 2.97. The molecule has 0 bridgehead atoms. The van der Waals surface area contributed by atoms with Crippen LogP contribution in [0.3, 0.4) is 0 Å². The van der Waals surface area contributed by atoms with Crippen molar-refractivity contribution in [2.24, 2.45) is 13.0 Å². The predicted molar refractivity (Wildman–Crippen MR) is 74.5 cm³/mol. The molecule has 0 N–H and O–H groups in total. The van der Waals surface area contributed by atoms with Gasteiger partial charge in [0.15, 0.2) is 4.60 Å². The zero-order valence-electron chi connectivity index (χ0n) is 11.2. The quantitative estimate of drug-likeness (QED) is 0.770. The van der Waals surface area contributed by atoms with Crippen LogP contribution >= 0.6 is 15.9 Å². The molecular formula is C11H17BrN4O3S. The van der Waals surface area contributed by atoms with Crippen molar-refractivity contribution in [2.75, 3.05) is 19.8 Å². The number of rotatable bonds is 5. The van der Waals surface area contributed by atoms with Crippen molar-refractivity contribution in [3.63, 3.8) is 0 Å². The fraction of sp³-hybridized carbons (Fsp3) is 0.818. The first-order valence-electron chi connectivity index (χ1n) is 6.65. The third-order valence-corrected chi connectivity index (χ3v) is 6.51. The van der Waals surface area contributed by atoms with Crippen molar-refractivity contribution in [1.82, 2.24) is 19.3 Å². The monoisotopic (exact) mass is 364 g/mol. The molecule has 3 rings (SSSR count). The molecule has 1 saturated carbocycles. The van der Waals surface area contributed by atoms with E-state index in [2.05, 4.69) is 26.2 Å². The average molecular weight is 365 g/mol. The molecule has 9 heteroatoms. The van der Waals surface area contributed by atoms with E-state index in [-0.39, 0.29) is 21.6 Å². The van der Waals surface area contributed by atoms with Gasteiger partial charge in [-0.05, 0) is 41.1 Å². The van der Waals surface area contributed by atoms with E-state index >= 15 is 0 Å². The molecule has 1 aliphatic heterocycles. The van der Waals surface area contributed by atoms with Crippen molar-refractivity contribution in [2.45, 2.75) is 30.3 Å². The molecule has 2 aliphatic rings. The summed E-state index contributed by atoms with van der Waals surface area (Å²) in [5.41, 5.74) is 0. The predicted octanol–water partition coefficient (Wildman–Crippen LogP) is 0.767. The van der Waals surface area contributed by atoms with Gasteiger partial charge in [0.05, 0.1) is 6.61 Å². The first kappa shape index (κ1) is 14.4. The van der Waals surface area contributed by atoms with Crippen molar-refractivity contribution < 1.29 is 13.2 Å². The van der Waals surface area contributed by atoms with Crippen LogP contribution in [-0.4, -0.2) is 53.5 Å². The van der Waals surface area contributed by atoms with Crippen LogP contribution in [0.25, 0.3) is 0 Å². The molecule has 0 aromatic carbocycles.